The zero-order valence-electron chi connectivity index (χ0n) is 10.1. The van der Waals surface area contributed by atoms with E-state index >= 15 is 0 Å². The Morgan fingerprint density at radius 1 is 1.28 bits per heavy atom. The number of hydrogen-bond acceptors (Lipinski definition) is 2. The van der Waals surface area contributed by atoms with Gasteiger partial charge in [-0.25, -0.2) is 0 Å². The maximum absolute atomic E-state index is 12.0. The predicted octanol–water partition coefficient (Wildman–Crippen LogP) is 2.27. The monoisotopic (exact) mass is 237 g/mol. The Morgan fingerprint density at radius 3 is 2.78 bits per heavy atom. The van der Waals surface area contributed by atoms with Gasteiger partial charge in [0.25, 0.3) is 5.56 Å². The van der Waals surface area contributed by atoms with Gasteiger partial charge in [-0.05, 0) is 31.0 Å². The molecule has 0 saturated carbocycles. The summed E-state index contributed by atoms with van der Waals surface area (Å²) in [6, 6.07) is 7.75. The summed E-state index contributed by atoms with van der Waals surface area (Å²) in [4.78, 5) is 14.8. The molecule has 0 aliphatic carbocycles. The van der Waals surface area contributed by atoms with Gasteiger partial charge in [0.2, 0.25) is 0 Å². The molecule has 0 fully saturated rings. The molecule has 3 aromatic rings. The molecule has 0 bridgehead atoms. The zero-order valence-corrected chi connectivity index (χ0v) is 10.1. The van der Waals surface area contributed by atoms with E-state index in [0.29, 0.717) is 16.6 Å². The number of H-pyrrole nitrogens is 1. The summed E-state index contributed by atoms with van der Waals surface area (Å²) >= 11 is 0. The molecule has 0 spiro atoms. The third-order valence-electron chi connectivity index (χ3n) is 3.26. The van der Waals surface area contributed by atoms with Crippen LogP contribution in [0.2, 0.25) is 0 Å². The van der Waals surface area contributed by atoms with Crippen LogP contribution in [0.1, 0.15) is 16.7 Å². The van der Waals surface area contributed by atoms with Gasteiger partial charge in [-0.1, -0.05) is 12.1 Å². The zero-order chi connectivity index (χ0) is 12.9. The largest absolute Gasteiger partial charge is 0.306 e. The summed E-state index contributed by atoms with van der Waals surface area (Å²) in [5.74, 6) is 0. The van der Waals surface area contributed by atoms with Gasteiger partial charge < -0.3 is 9.38 Å². The number of aryl methyl sites for hydroxylation is 2. The predicted molar refractivity (Wildman–Crippen MR) is 69.7 cm³/mol. The average molecular weight is 237 g/mol. The van der Waals surface area contributed by atoms with Crippen molar-refractivity contribution in [2.24, 2.45) is 0 Å². The number of fused-ring (bicyclic) bond motifs is 3. The number of aromatic nitrogens is 2. The van der Waals surface area contributed by atoms with Gasteiger partial charge >= 0.3 is 0 Å². The molecule has 1 N–H and O–H groups in total. The van der Waals surface area contributed by atoms with Crippen LogP contribution in [0.15, 0.2) is 29.2 Å². The maximum atomic E-state index is 12.0. The van der Waals surface area contributed by atoms with Crippen molar-refractivity contribution in [1.82, 2.24) is 9.38 Å². The first-order valence-corrected chi connectivity index (χ1v) is 5.67. The lowest BCUT2D eigenvalue weighted by Crippen LogP contribution is -2.10. The van der Waals surface area contributed by atoms with Crippen LogP contribution in [0, 0.1) is 25.2 Å². The van der Waals surface area contributed by atoms with Gasteiger partial charge in [0, 0.05) is 6.20 Å². The van der Waals surface area contributed by atoms with Gasteiger partial charge in [-0.2, -0.15) is 5.26 Å². The Bertz CT molecular complexity index is 878. The van der Waals surface area contributed by atoms with Crippen LogP contribution < -0.4 is 5.56 Å². The Labute approximate surface area is 103 Å². The average Bonchev–Trinajstić information content (AvgIpc) is 2.65. The molecule has 88 valence electrons. The summed E-state index contributed by atoms with van der Waals surface area (Å²) in [5.41, 5.74) is 3.68. The van der Waals surface area contributed by atoms with Gasteiger partial charge in [0.1, 0.15) is 11.7 Å². The highest BCUT2D eigenvalue weighted by molar-refractivity contribution is 5.85. The minimum absolute atomic E-state index is 0.157. The first-order chi connectivity index (χ1) is 8.63. The highest BCUT2D eigenvalue weighted by atomic mass is 16.1. The molecule has 4 heteroatoms. The van der Waals surface area contributed by atoms with Gasteiger partial charge in [-0.3, -0.25) is 4.79 Å². The SMILES string of the molecule is Cc1cn2c([nH]c(=O)c3cccc(C)c32)c1C#N. The molecule has 18 heavy (non-hydrogen) atoms. The van der Waals surface area contributed by atoms with Gasteiger partial charge in [0.05, 0.1) is 16.5 Å². The number of rotatable bonds is 0. The second kappa shape index (κ2) is 3.47. The Hall–Kier alpha value is -2.54. The molecule has 0 radical (unpaired) electrons. The fourth-order valence-corrected chi connectivity index (χ4v) is 2.41. The molecule has 0 aliphatic heterocycles. The standard InChI is InChI=1S/C14H11N3O/c1-8-4-3-5-10-12(8)17-7-9(2)11(6-15)13(17)16-14(10)18/h3-5,7H,1-2H3,(H,16,18). The third kappa shape index (κ3) is 1.22. The maximum Gasteiger partial charge on any atom is 0.258 e. The van der Waals surface area contributed by atoms with Crippen LogP contribution in [-0.2, 0) is 0 Å². The first kappa shape index (κ1) is 10.6. The normalized spacial score (nSPS) is 10.9. The van der Waals surface area contributed by atoms with Gasteiger partial charge in [-0.15, -0.1) is 0 Å². The van der Waals surface area contributed by atoms with Crippen molar-refractivity contribution in [2.45, 2.75) is 13.8 Å². The van der Waals surface area contributed by atoms with Crippen LogP contribution in [0.5, 0.6) is 0 Å². The van der Waals surface area contributed by atoms with E-state index < -0.39 is 0 Å². The van der Waals surface area contributed by atoms with Crippen molar-refractivity contribution >= 4 is 16.6 Å². The quantitative estimate of drug-likeness (QED) is 0.652. The number of aromatic amines is 1. The Kier molecular flexibility index (Phi) is 2.05. The molecule has 3 rings (SSSR count). The molecule has 2 aromatic heterocycles. The Balaban J connectivity index is 2.72. The summed E-state index contributed by atoms with van der Waals surface area (Å²) in [5, 5.41) is 9.79. The molecule has 2 heterocycles. The second-order valence-corrected chi connectivity index (χ2v) is 4.44. The van der Waals surface area contributed by atoms with Crippen LogP contribution in [0.25, 0.3) is 16.6 Å². The highest BCUT2D eigenvalue weighted by Gasteiger charge is 2.12. The number of nitriles is 1. The van der Waals surface area contributed by atoms with Crippen molar-refractivity contribution in [3.05, 3.63) is 51.4 Å². The van der Waals surface area contributed by atoms with Crippen molar-refractivity contribution < 1.29 is 0 Å². The fourth-order valence-electron chi connectivity index (χ4n) is 2.41. The Morgan fingerprint density at radius 2 is 2.06 bits per heavy atom. The minimum atomic E-state index is -0.157. The topological polar surface area (TPSA) is 61.1 Å². The van der Waals surface area contributed by atoms with Crippen LogP contribution in [0.4, 0.5) is 0 Å². The molecular weight excluding hydrogens is 226 g/mol. The molecule has 4 nitrogen and oxygen atoms in total. The summed E-state index contributed by atoms with van der Waals surface area (Å²) in [6.45, 7) is 3.83. The van der Waals surface area contributed by atoms with E-state index in [-0.39, 0.29) is 5.56 Å². The fraction of sp³-hybridized carbons (Fsp3) is 0.143. The summed E-state index contributed by atoms with van der Waals surface area (Å²) in [7, 11) is 0. The number of para-hydroxylation sites is 1. The van der Waals surface area contributed by atoms with Crippen LogP contribution >= 0.6 is 0 Å². The lowest BCUT2D eigenvalue weighted by atomic mass is 10.1. The summed E-state index contributed by atoms with van der Waals surface area (Å²) in [6.07, 6.45) is 1.89. The lowest BCUT2D eigenvalue weighted by molar-refractivity contribution is 1.15. The molecule has 0 aliphatic rings. The third-order valence-corrected chi connectivity index (χ3v) is 3.26. The number of nitrogens with zero attached hydrogens (tertiary/aromatic N) is 2. The van der Waals surface area contributed by atoms with Crippen LogP contribution in [0.3, 0.4) is 0 Å². The van der Waals surface area contributed by atoms with E-state index in [4.69, 9.17) is 5.26 Å². The van der Waals surface area contributed by atoms with E-state index in [9.17, 15) is 4.79 Å². The van der Waals surface area contributed by atoms with E-state index in [0.717, 1.165) is 16.6 Å². The summed E-state index contributed by atoms with van der Waals surface area (Å²) < 4.78 is 1.89. The number of hydrogen-bond donors (Lipinski definition) is 1. The number of benzene rings is 1. The first-order valence-electron chi connectivity index (χ1n) is 5.67. The molecule has 0 atom stereocenters. The van der Waals surface area contributed by atoms with Gasteiger partial charge in [0.15, 0.2) is 0 Å². The van der Waals surface area contributed by atoms with Crippen molar-refractivity contribution in [3.8, 4) is 6.07 Å². The minimum Gasteiger partial charge on any atom is -0.306 e. The molecule has 0 saturated heterocycles. The smallest absolute Gasteiger partial charge is 0.258 e. The highest BCUT2D eigenvalue weighted by Crippen LogP contribution is 2.21. The van der Waals surface area contributed by atoms with Crippen molar-refractivity contribution in [3.63, 3.8) is 0 Å². The van der Waals surface area contributed by atoms with Crippen molar-refractivity contribution in [1.29, 1.82) is 5.26 Å². The van der Waals surface area contributed by atoms with E-state index in [2.05, 4.69) is 11.1 Å². The molecule has 0 amide bonds. The molecular formula is C14H11N3O. The molecule has 1 aromatic carbocycles. The van der Waals surface area contributed by atoms with Crippen LogP contribution in [-0.4, -0.2) is 9.38 Å². The van der Waals surface area contributed by atoms with E-state index in [1.165, 1.54) is 0 Å². The second-order valence-electron chi connectivity index (χ2n) is 4.44. The van der Waals surface area contributed by atoms with Crippen molar-refractivity contribution in [2.75, 3.05) is 0 Å². The lowest BCUT2D eigenvalue weighted by Gasteiger charge is -2.05. The van der Waals surface area contributed by atoms with E-state index in [1.54, 1.807) is 6.07 Å². The molecule has 0 unspecified atom stereocenters. The number of nitrogens with one attached hydrogen (secondary N) is 1. The van der Waals surface area contributed by atoms with E-state index in [1.807, 2.05) is 36.6 Å².